The minimum atomic E-state index is -0.505. The lowest BCUT2D eigenvalue weighted by Crippen LogP contribution is -2.28. The Morgan fingerprint density at radius 3 is 2.69 bits per heavy atom. The molecule has 0 saturated carbocycles. The Bertz CT molecular complexity index is 1250. The van der Waals surface area contributed by atoms with Crippen LogP contribution in [0.25, 0.3) is 16.9 Å². The smallest absolute Gasteiger partial charge is 0.284 e. The Morgan fingerprint density at radius 1 is 1.17 bits per heavy atom. The lowest BCUT2D eigenvalue weighted by molar-refractivity contribution is -0.116. The zero-order valence-corrected chi connectivity index (χ0v) is 15.5. The second-order valence-corrected chi connectivity index (χ2v) is 6.43. The van der Waals surface area contributed by atoms with Crippen molar-refractivity contribution in [2.24, 2.45) is 0 Å². The van der Waals surface area contributed by atoms with E-state index in [1.54, 1.807) is 6.07 Å². The molecule has 0 aliphatic rings. The molecule has 0 atom stereocenters. The van der Waals surface area contributed by atoms with E-state index < -0.39 is 11.4 Å². The molecule has 29 heavy (non-hydrogen) atoms. The van der Waals surface area contributed by atoms with Gasteiger partial charge in [-0.1, -0.05) is 30.3 Å². The van der Waals surface area contributed by atoms with E-state index in [1.807, 2.05) is 31.2 Å². The average molecular weight is 392 g/mol. The Balaban J connectivity index is 1.58. The largest absolute Gasteiger partial charge is 0.325 e. The van der Waals surface area contributed by atoms with Crippen LogP contribution in [0.5, 0.6) is 0 Å². The average Bonchev–Trinajstić information content (AvgIpc) is 3.15. The summed E-state index contributed by atoms with van der Waals surface area (Å²) >= 11 is 0. The third kappa shape index (κ3) is 3.75. The molecule has 2 aromatic heterocycles. The summed E-state index contributed by atoms with van der Waals surface area (Å²) in [7, 11) is 0. The van der Waals surface area contributed by atoms with Crippen LogP contribution in [-0.4, -0.2) is 30.5 Å². The number of aryl methyl sites for hydroxylation is 1. The lowest BCUT2D eigenvalue weighted by Gasteiger charge is -2.08. The Morgan fingerprint density at radius 2 is 1.97 bits per heavy atom. The number of nitrogens with one attached hydrogen (secondary N) is 1. The quantitative estimate of drug-likeness (QED) is 0.562. The first-order chi connectivity index (χ1) is 14.0. The zero-order valence-electron chi connectivity index (χ0n) is 15.5. The molecule has 2 heterocycles. The highest BCUT2D eigenvalue weighted by molar-refractivity contribution is 5.90. The topological polar surface area (TPSA) is 94.7 Å². The van der Waals surface area contributed by atoms with Crippen molar-refractivity contribution in [1.29, 1.82) is 0 Å². The van der Waals surface area contributed by atoms with Crippen LogP contribution in [0.15, 0.2) is 59.7 Å². The molecule has 1 N–H and O–H groups in total. The van der Waals surface area contributed by atoms with Crippen LogP contribution in [0.3, 0.4) is 0 Å². The van der Waals surface area contributed by atoms with Crippen molar-refractivity contribution >= 4 is 22.8 Å². The number of carbonyl (C=O) groups excluding carboxylic acids is 1. The van der Waals surface area contributed by atoms with Crippen molar-refractivity contribution < 1.29 is 9.18 Å². The summed E-state index contributed by atoms with van der Waals surface area (Å²) in [6.45, 7) is 1.83. The fourth-order valence-electron chi connectivity index (χ4n) is 2.92. The third-order valence-corrected chi connectivity index (χ3v) is 4.44. The first-order valence-electron chi connectivity index (χ1n) is 9.00. The van der Waals surface area contributed by atoms with E-state index in [9.17, 15) is 14.0 Å². The monoisotopic (exact) mass is 392 g/mol. The van der Waals surface area contributed by atoms with Crippen molar-refractivity contribution in [1.82, 2.24) is 24.5 Å². The van der Waals surface area contributed by atoms with Crippen LogP contribution in [0.4, 0.5) is 10.1 Å². The highest BCUT2D eigenvalue weighted by Crippen LogP contribution is 2.13. The number of benzene rings is 2. The van der Waals surface area contributed by atoms with Gasteiger partial charge in [0.25, 0.3) is 5.56 Å². The van der Waals surface area contributed by atoms with Crippen LogP contribution in [0.2, 0.25) is 0 Å². The second-order valence-electron chi connectivity index (χ2n) is 6.43. The van der Waals surface area contributed by atoms with E-state index in [2.05, 4.69) is 20.6 Å². The molecular formula is C20H17FN6O2. The molecule has 0 saturated heterocycles. The number of aromatic nitrogens is 5. The van der Waals surface area contributed by atoms with Crippen LogP contribution < -0.4 is 10.9 Å². The van der Waals surface area contributed by atoms with E-state index in [-0.39, 0.29) is 23.6 Å². The van der Waals surface area contributed by atoms with Crippen molar-refractivity contribution in [2.75, 3.05) is 5.32 Å². The van der Waals surface area contributed by atoms with Crippen molar-refractivity contribution in [3.63, 3.8) is 0 Å². The molecule has 0 unspecified atom stereocenters. The normalized spacial score (nSPS) is 11.0. The number of hydrogen-bond acceptors (Lipinski definition) is 5. The van der Waals surface area contributed by atoms with Crippen LogP contribution in [0, 0.1) is 5.82 Å². The van der Waals surface area contributed by atoms with Gasteiger partial charge in [-0.05, 0) is 42.3 Å². The summed E-state index contributed by atoms with van der Waals surface area (Å²) in [6.07, 6.45) is 2.16. The van der Waals surface area contributed by atoms with Gasteiger partial charge in [-0.2, -0.15) is 4.68 Å². The molecule has 1 amide bonds. The Kier molecular flexibility index (Phi) is 4.86. The molecule has 2 aromatic carbocycles. The summed E-state index contributed by atoms with van der Waals surface area (Å²) in [5.41, 5.74) is 1.88. The third-order valence-electron chi connectivity index (χ3n) is 4.44. The number of halogens is 1. The summed E-state index contributed by atoms with van der Waals surface area (Å²) < 4.78 is 15.9. The van der Waals surface area contributed by atoms with Crippen molar-refractivity contribution in [3.8, 4) is 5.69 Å². The van der Waals surface area contributed by atoms with Gasteiger partial charge in [-0.15, -0.1) is 5.10 Å². The molecule has 0 bridgehead atoms. The highest BCUT2D eigenvalue weighted by atomic mass is 19.1. The number of anilines is 1. The maximum atomic E-state index is 13.5. The lowest BCUT2D eigenvalue weighted by atomic mass is 10.1. The standard InChI is InChI=1S/C20H17FN6O2/c1-2-13-6-8-15(9-7-13)23-17(28)11-26-12-22-19-18(20(26)29)24-25-27(19)16-5-3-4-14(21)10-16/h3-10,12H,2,11H2,1H3,(H,23,28). The van der Waals surface area contributed by atoms with Gasteiger partial charge in [0.15, 0.2) is 11.2 Å². The number of fused-ring (bicyclic) bond motifs is 1. The van der Waals surface area contributed by atoms with Gasteiger partial charge in [0, 0.05) is 5.69 Å². The molecule has 4 rings (SSSR count). The molecule has 0 aliphatic carbocycles. The molecule has 8 nitrogen and oxygen atoms in total. The van der Waals surface area contributed by atoms with Crippen LogP contribution in [-0.2, 0) is 17.8 Å². The number of hydrogen-bond donors (Lipinski definition) is 1. The summed E-state index contributed by atoms with van der Waals surface area (Å²) in [4.78, 5) is 29.2. The van der Waals surface area contributed by atoms with Gasteiger partial charge in [0.2, 0.25) is 5.91 Å². The maximum absolute atomic E-state index is 13.5. The zero-order chi connectivity index (χ0) is 20.4. The Labute approximate surface area is 164 Å². The summed E-state index contributed by atoms with van der Waals surface area (Å²) in [6, 6.07) is 13.2. The highest BCUT2D eigenvalue weighted by Gasteiger charge is 2.15. The number of amides is 1. The molecular weight excluding hydrogens is 375 g/mol. The molecule has 146 valence electrons. The van der Waals surface area contributed by atoms with Crippen molar-refractivity contribution in [3.05, 3.63) is 76.6 Å². The van der Waals surface area contributed by atoms with E-state index in [4.69, 9.17) is 0 Å². The van der Waals surface area contributed by atoms with Gasteiger partial charge < -0.3 is 5.32 Å². The molecule has 4 aromatic rings. The van der Waals surface area contributed by atoms with Gasteiger partial charge in [-0.25, -0.2) is 9.37 Å². The minimum Gasteiger partial charge on any atom is -0.325 e. The number of nitrogens with zero attached hydrogens (tertiary/aromatic N) is 5. The SMILES string of the molecule is CCc1ccc(NC(=O)Cn2cnc3c(nnn3-c3cccc(F)c3)c2=O)cc1. The summed E-state index contributed by atoms with van der Waals surface area (Å²) in [5.74, 6) is -0.807. The van der Waals surface area contributed by atoms with E-state index >= 15 is 0 Å². The maximum Gasteiger partial charge on any atom is 0.284 e. The molecule has 0 radical (unpaired) electrons. The van der Waals surface area contributed by atoms with Crippen molar-refractivity contribution in [2.45, 2.75) is 19.9 Å². The van der Waals surface area contributed by atoms with Gasteiger partial charge in [0.05, 0.1) is 5.69 Å². The fourth-order valence-corrected chi connectivity index (χ4v) is 2.92. The van der Waals surface area contributed by atoms with Gasteiger partial charge >= 0.3 is 0 Å². The second kappa shape index (κ2) is 7.63. The van der Waals surface area contributed by atoms with Crippen LogP contribution >= 0.6 is 0 Å². The first kappa shape index (κ1) is 18.5. The fraction of sp³-hybridized carbons (Fsp3) is 0.150. The molecule has 9 heteroatoms. The molecule has 0 spiro atoms. The van der Waals surface area contributed by atoms with E-state index in [1.165, 1.54) is 29.2 Å². The Hall–Kier alpha value is -3.88. The molecule has 0 aliphatic heterocycles. The predicted octanol–water partition coefficient (Wildman–Crippen LogP) is 2.32. The molecule has 0 fully saturated rings. The number of carbonyl (C=O) groups is 1. The minimum absolute atomic E-state index is 0.00291. The first-order valence-corrected chi connectivity index (χ1v) is 9.00. The predicted molar refractivity (Wildman–Crippen MR) is 105 cm³/mol. The van der Waals surface area contributed by atoms with Crippen LogP contribution in [0.1, 0.15) is 12.5 Å². The van der Waals surface area contributed by atoms with Gasteiger partial charge in [-0.3, -0.25) is 14.2 Å². The van der Waals surface area contributed by atoms with Gasteiger partial charge in [0.1, 0.15) is 18.7 Å². The summed E-state index contributed by atoms with van der Waals surface area (Å²) in [5, 5.41) is 10.5. The van der Waals surface area contributed by atoms with E-state index in [0.717, 1.165) is 16.6 Å². The number of rotatable bonds is 5. The van der Waals surface area contributed by atoms with E-state index in [0.29, 0.717) is 11.4 Å².